The second-order valence-corrected chi connectivity index (χ2v) is 3.55. The third-order valence-corrected chi connectivity index (χ3v) is 2.40. The van der Waals surface area contributed by atoms with Crippen LogP contribution in [0.1, 0.15) is 5.56 Å². The minimum Gasteiger partial charge on any atom is -0.193 e. The van der Waals surface area contributed by atoms with E-state index in [1.807, 2.05) is 6.07 Å². The first-order valence-electron chi connectivity index (χ1n) is 4.41. The summed E-state index contributed by atoms with van der Waals surface area (Å²) in [6, 6.07) is 9.63. The van der Waals surface area contributed by atoms with Crippen LogP contribution in [0.2, 0.25) is 10.0 Å². The van der Waals surface area contributed by atoms with Gasteiger partial charge < -0.3 is 0 Å². The van der Waals surface area contributed by atoms with Gasteiger partial charge in [0.15, 0.2) is 0 Å². The lowest BCUT2D eigenvalue weighted by Gasteiger charge is -2.01. The Morgan fingerprint density at radius 1 is 1.31 bits per heavy atom. The van der Waals surface area contributed by atoms with E-state index in [0.29, 0.717) is 16.6 Å². The van der Waals surface area contributed by atoms with Crippen LogP contribution in [-0.2, 0) is 6.54 Å². The number of nitrogens with zero attached hydrogens (tertiary/aromatic N) is 2. The first-order valence-corrected chi connectivity index (χ1v) is 5.17. The van der Waals surface area contributed by atoms with Crippen LogP contribution in [-0.4, -0.2) is 0 Å². The fraction of sp³-hybridized carbons (Fsp3) is 0.0909. The summed E-state index contributed by atoms with van der Waals surface area (Å²) in [4.78, 5) is 3.73. The van der Waals surface area contributed by atoms with Crippen molar-refractivity contribution >= 4 is 23.2 Å². The molecule has 0 saturated carbocycles. The van der Waals surface area contributed by atoms with Gasteiger partial charge in [0.05, 0.1) is 17.1 Å². The Bertz CT molecular complexity index is 472. The van der Waals surface area contributed by atoms with Gasteiger partial charge in [-0.05, 0) is 12.1 Å². The van der Waals surface area contributed by atoms with Gasteiger partial charge in [-0.25, -0.2) is 0 Å². The maximum absolute atomic E-state index is 8.20. The normalized spacial score (nSPS) is 9.31. The van der Waals surface area contributed by atoms with E-state index < -0.39 is 0 Å². The van der Waals surface area contributed by atoms with E-state index in [0.717, 1.165) is 5.56 Å². The number of allylic oxidation sites excluding steroid dienone is 2. The van der Waals surface area contributed by atoms with Crippen molar-refractivity contribution in [1.82, 2.24) is 5.43 Å². The third-order valence-electron chi connectivity index (χ3n) is 1.69. The zero-order valence-corrected chi connectivity index (χ0v) is 9.76. The lowest BCUT2D eigenvalue weighted by atomic mass is 10.2. The van der Waals surface area contributed by atoms with Gasteiger partial charge in [-0.2, -0.15) is 5.26 Å². The van der Waals surface area contributed by atoms with Gasteiger partial charge in [0, 0.05) is 21.7 Å². The fourth-order valence-electron chi connectivity index (χ4n) is 0.977. The molecule has 0 unspecified atom stereocenters. The Balaban J connectivity index is 2.58. The number of halogens is 2. The molecule has 0 aliphatic heterocycles. The summed E-state index contributed by atoms with van der Waals surface area (Å²) in [6.07, 6.45) is 2.68. The molecule has 0 atom stereocenters. The second kappa shape index (κ2) is 6.74. The molecule has 0 saturated heterocycles. The standard InChI is InChI=1S/C11H8Cl2N3/c12-10-4-3-5-11(13)9(10)8-16-15-7-2-1-6-14/h1-5,16H,8H2/q+1. The molecule has 0 bridgehead atoms. The molecule has 0 aliphatic rings. The summed E-state index contributed by atoms with van der Waals surface area (Å²) < 4.78 is 0. The zero-order chi connectivity index (χ0) is 11.8. The van der Waals surface area contributed by atoms with E-state index in [2.05, 4.69) is 16.4 Å². The molecule has 16 heavy (non-hydrogen) atoms. The van der Waals surface area contributed by atoms with Gasteiger partial charge >= 0.3 is 6.07 Å². The maximum Gasteiger partial charge on any atom is 0.350 e. The molecule has 0 fully saturated rings. The predicted octanol–water partition coefficient (Wildman–Crippen LogP) is 3.41. The highest BCUT2D eigenvalue weighted by Crippen LogP contribution is 2.23. The molecule has 0 aliphatic carbocycles. The van der Waals surface area contributed by atoms with Gasteiger partial charge in [-0.15, -0.1) is 0 Å². The van der Waals surface area contributed by atoms with E-state index in [4.69, 9.17) is 28.5 Å². The number of nitriles is 1. The monoisotopic (exact) mass is 252 g/mol. The number of hydrogen-bond donors (Lipinski definition) is 1. The van der Waals surface area contributed by atoms with Gasteiger partial charge in [0.25, 0.3) is 0 Å². The Morgan fingerprint density at radius 2 is 2.00 bits per heavy atom. The molecular formula is C11H8Cl2N3+. The van der Waals surface area contributed by atoms with E-state index in [1.54, 1.807) is 18.2 Å². The Kier molecular flexibility index (Phi) is 5.22. The lowest BCUT2D eigenvalue weighted by molar-refractivity contribution is 0.866. The predicted molar refractivity (Wildman–Crippen MR) is 65.3 cm³/mol. The van der Waals surface area contributed by atoms with E-state index in [-0.39, 0.29) is 0 Å². The van der Waals surface area contributed by atoms with Crippen molar-refractivity contribution in [1.29, 1.82) is 5.26 Å². The summed E-state index contributed by atoms with van der Waals surface area (Å²) in [7, 11) is 0. The second-order valence-electron chi connectivity index (χ2n) is 2.74. The highest BCUT2D eigenvalue weighted by atomic mass is 35.5. The zero-order valence-electron chi connectivity index (χ0n) is 8.24. The largest absolute Gasteiger partial charge is 0.350 e. The van der Waals surface area contributed by atoms with Crippen molar-refractivity contribution in [3.63, 3.8) is 0 Å². The highest BCUT2D eigenvalue weighted by molar-refractivity contribution is 6.35. The highest BCUT2D eigenvalue weighted by Gasteiger charge is 2.05. The van der Waals surface area contributed by atoms with Crippen molar-refractivity contribution in [2.75, 3.05) is 0 Å². The quantitative estimate of drug-likeness (QED) is 0.648. The van der Waals surface area contributed by atoms with Crippen molar-refractivity contribution in [3.05, 3.63) is 50.9 Å². The van der Waals surface area contributed by atoms with Crippen molar-refractivity contribution in [2.45, 2.75) is 6.54 Å². The lowest BCUT2D eigenvalue weighted by Crippen LogP contribution is -2.03. The summed E-state index contributed by atoms with van der Waals surface area (Å²) in [5, 5.41) is 9.37. The average molecular weight is 253 g/mol. The van der Waals surface area contributed by atoms with Gasteiger partial charge in [-0.3, -0.25) is 0 Å². The first-order chi connectivity index (χ1) is 7.75. The Hall–Kier alpha value is -1.68. The molecule has 1 rings (SSSR count). The maximum atomic E-state index is 8.20. The Labute approximate surface area is 104 Å². The van der Waals surface area contributed by atoms with Crippen LogP contribution in [0.25, 0.3) is 4.95 Å². The van der Waals surface area contributed by atoms with Crippen molar-refractivity contribution < 1.29 is 0 Å². The SMILES string of the molecule is N#CC=CC#[N+]NCc1c(Cl)cccc1Cl. The fourth-order valence-corrected chi connectivity index (χ4v) is 1.51. The smallest absolute Gasteiger partial charge is 0.193 e. The van der Waals surface area contributed by atoms with Crippen LogP contribution in [0.4, 0.5) is 0 Å². The summed E-state index contributed by atoms with van der Waals surface area (Å²) in [6.45, 7) is 0.409. The van der Waals surface area contributed by atoms with Gasteiger partial charge in [0.2, 0.25) is 0 Å². The van der Waals surface area contributed by atoms with Crippen molar-refractivity contribution in [2.24, 2.45) is 0 Å². The Morgan fingerprint density at radius 3 is 2.62 bits per heavy atom. The molecule has 5 heteroatoms. The topological polar surface area (TPSA) is 40.2 Å². The minimum absolute atomic E-state index is 0.409. The molecule has 0 heterocycles. The molecular weight excluding hydrogens is 245 g/mol. The minimum atomic E-state index is 0.409. The summed E-state index contributed by atoms with van der Waals surface area (Å²) in [5.74, 6) is 0. The van der Waals surface area contributed by atoms with Crippen LogP contribution in [0.3, 0.4) is 0 Å². The van der Waals surface area contributed by atoms with E-state index in [9.17, 15) is 0 Å². The van der Waals surface area contributed by atoms with E-state index in [1.165, 1.54) is 12.2 Å². The molecule has 1 aromatic rings. The summed E-state index contributed by atoms with van der Waals surface area (Å²) in [5.41, 5.74) is 3.50. The van der Waals surface area contributed by atoms with Gasteiger partial charge in [0.1, 0.15) is 6.54 Å². The number of benzene rings is 1. The van der Waals surface area contributed by atoms with Crippen molar-refractivity contribution in [3.8, 4) is 12.1 Å². The molecule has 0 amide bonds. The molecule has 80 valence electrons. The molecule has 0 spiro atoms. The molecule has 1 N–H and O–H groups in total. The number of nitrogens with one attached hydrogen (secondary N) is 1. The van der Waals surface area contributed by atoms with Crippen LogP contribution >= 0.6 is 23.2 Å². The molecule has 3 nitrogen and oxygen atoms in total. The molecule has 1 aromatic carbocycles. The van der Waals surface area contributed by atoms with Crippen LogP contribution < -0.4 is 5.43 Å². The van der Waals surface area contributed by atoms with E-state index >= 15 is 0 Å². The molecule has 0 radical (unpaired) electrons. The van der Waals surface area contributed by atoms with Crippen LogP contribution in [0, 0.1) is 17.4 Å². The van der Waals surface area contributed by atoms with Crippen LogP contribution in [0.5, 0.6) is 0 Å². The number of rotatable bonds is 2. The molecule has 0 aromatic heterocycles. The average Bonchev–Trinajstić information content (AvgIpc) is 2.26. The van der Waals surface area contributed by atoms with Gasteiger partial charge in [-0.1, -0.05) is 34.7 Å². The first kappa shape index (κ1) is 12.4. The summed E-state index contributed by atoms with van der Waals surface area (Å²) >= 11 is 11.9. The van der Waals surface area contributed by atoms with Crippen LogP contribution in [0.15, 0.2) is 30.4 Å². The number of hydrogen-bond acceptors (Lipinski definition) is 2. The third kappa shape index (κ3) is 3.82.